The fourth-order valence-electron chi connectivity index (χ4n) is 9.89. The van der Waals surface area contributed by atoms with Crippen LogP contribution in [0.3, 0.4) is 0 Å². The van der Waals surface area contributed by atoms with Gasteiger partial charge in [-0.15, -0.1) is 0 Å². The summed E-state index contributed by atoms with van der Waals surface area (Å²) in [6, 6.07) is 84.9. The first-order chi connectivity index (χ1) is 29.2. The summed E-state index contributed by atoms with van der Waals surface area (Å²) in [5.41, 5.74) is 16.7. The van der Waals surface area contributed by atoms with Gasteiger partial charge in [0.1, 0.15) is 0 Å². The van der Waals surface area contributed by atoms with Crippen LogP contribution in [0.5, 0.6) is 0 Å². The average molecular weight is 752 g/mol. The van der Waals surface area contributed by atoms with Gasteiger partial charge < -0.3 is 4.90 Å². The summed E-state index contributed by atoms with van der Waals surface area (Å²) < 4.78 is 0. The molecular formula is C58H41N. The van der Waals surface area contributed by atoms with Crippen molar-refractivity contribution in [3.8, 4) is 33.4 Å². The summed E-state index contributed by atoms with van der Waals surface area (Å²) >= 11 is 0. The molecule has 0 amide bonds. The van der Waals surface area contributed by atoms with Crippen molar-refractivity contribution in [1.29, 1.82) is 0 Å². The standard InChI is InChI=1S/C58H41N/c1-40-19-11-18-32-54(40)59(47-36-33-43(34-37-47)55-48-28-14-12-22-42(48)35-38-49(55)41-20-5-2-6-21-41)57-50-29-15-13-23-44(50)39-53-56(57)51-30-16-17-31-52(51)58(53,45-24-7-3-8-25-45)46-26-9-4-10-27-46/h2-39H,1H3. The predicted molar refractivity (Wildman–Crippen MR) is 249 cm³/mol. The van der Waals surface area contributed by atoms with E-state index in [4.69, 9.17) is 0 Å². The van der Waals surface area contributed by atoms with Crippen molar-refractivity contribution in [2.24, 2.45) is 0 Å². The van der Waals surface area contributed by atoms with Gasteiger partial charge >= 0.3 is 0 Å². The van der Waals surface area contributed by atoms with Gasteiger partial charge in [0.25, 0.3) is 0 Å². The number of benzene rings is 10. The van der Waals surface area contributed by atoms with E-state index in [1.54, 1.807) is 0 Å². The Bertz CT molecular complexity index is 3110. The Morgan fingerprint density at radius 3 is 1.66 bits per heavy atom. The molecule has 1 heteroatoms. The maximum Gasteiger partial charge on any atom is 0.0714 e. The summed E-state index contributed by atoms with van der Waals surface area (Å²) in [6.45, 7) is 2.23. The van der Waals surface area contributed by atoms with Gasteiger partial charge in [-0.25, -0.2) is 0 Å². The van der Waals surface area contributed by atoms with E-state index in [-0.39, 0.29) is 0 Å². The molecule has 0 bridgehead atoms. The van der Waals surface area contributed by atoms with Crippen LogP contribution in [0.4, 0.5) is 17.1 Å². The predicted octanol–water partition coefficient (Wildman–Crippen LogP) is 15.5. The maximum atomic E-state index is 2.53. The maximum absolute atomic E-state index is 2.53. The number of hydrogen-bond donors (Lipinski definition) is 0. The normalized spacial score (nSPS) is 12.6. The van der Waals surface area contributed by atoms with Crippen LogP contribution in [-0.4, -0.2) is 0 Å². The van der Waals surface area contributed by atoms with E-state index >= 15 is 0 Å². The van der Waals surface area contributed by atoms with Gasteiger partial charge in [-0.05, 0) is 103 Å². The van der Waals surface area contributed by atoms with Crippen molar-refractivity contribution in [2.75, 3.05) is 4.90 Å². The molecule has 59 heavy (non-hydrogen) atoms. The minimum Gasteiger partial charge on any atom is -0.309 e. The molecule has 0 aliphatic heterocycles. The summed E-state index contributed by atoms with van der Waals surface area (Å²) in [7, 11) is 0. The lowest BCUT2D eigenvalue weighted by molar-refractivity contribution is 0.769. The third kappa shape index (κ3) is 5.47. The lowest BCUT2D eigenvalue weighted by atomic mass is 9.67. The third-order valence-corrected chi connectivity index (χ3v) is 12.4. The lowest BCUT2D eigenvalue weighted by Gasteiger charge is -2.35. The Hall–Kier alpha value is -7.48. The molecule has 0 heterocycles. The van der Waals surface area contributed by atoms with Crippen molar-refractivity contribution in [1.82, 2.24) is 0 Å². The van der Waals surface area contributed by atoms with E-state index in [1.807, 2.05) is 0 Å². The van der Waals surface area contributed by atoms with Crippen molar-refractivity contribution in [2.45, 2.75) is 12.3 Å². The van der Waals surface area contributed by atoms with Crippen LogP contribution in [0.2, 0.25) is 0 Å². The fourth-order valence-corrected chi connectivity index (χ4v) is 9.89. The van der Waals surface area contributed by atoms with Crippen LogP contribution in [0.25, 0.3) is 54.9 Å². The summed E-state index contributed by atoms with van der Waals surface area (Å²) in [4.78, 5) is 2.53. The second kappa shape index (κ2) is 14.2. The highest BCUT2D eigenvalue weighted by Gasteiger charge is 2.48. The fraction of sp³-hybridized carbons (Fsp3) is 0.0345. The molecule has 0 atom stereocenters. The minimum atomic E-state index is -0.531. The third-order valence-electron chi connectivity index (χ3n) is 12.4. The van der Waals surface area contributed by atoms with Crippen LogP contribution in [0.15, 0.2) is 231 Å². The summed E-state index contributed by atoms with van der Waals surface area (Å²) in [5, 5.41) is 4.91. The van der Waals surface area contributed by atoms with E-state index in [0.29, 0.717) is 0 Å². The van der Waals surface area contributed by atoms with Gasteiger partial charge in [0, 0.05) is 22.3 Å². The van der Waals surface area contributed by atoms with E-state index in [1.165, 1.54) is 88.4 Å². The molecule has 1 aliphatic rings. The van der Waals surface area contributed by atoms with Crippen molar-refractivity contribution in [3.05, 3.63) is 258 Å². The summed E-state index contributed by atoms with van der Waals surface area (Å²) in [6.07, 6.45) is 0. The molecule has 0 aromatic heterocycles. The number of para-hydroxylation sites is 1. The first-order valence-corrected chi connectivity index (χ1v) is 20.5. The number of hydrogen-bond acceptors (Lipinski definition) is 1. The smallest absolute Gasteiger partial charge is 0.0714 e. The molecule has 0 fully saturated rings. The van der Waals surface area contributed by atoms with Gasteiger partial charge in [-0.1, -0.05) is 206 Å². The van der Waals surface area contributed by atoms with E-state index in [0.717, 1.165) is 11.4 Å². The first-order valence-electron chi connectivity index (χ1n) is 20.5. The molecule has 0 radical (unpaired) electrons. The topological polar surface area (TPSA) is 3.24 Å². The lowest BCUT2D eigenvalue weighted by Crippen LogP contribution is -2.28. The van der Waals surface area contributed by atoms with E-state index in [2.05, 4.69) is 242 Å². The summed E-state index contributed by atoms with van der Waals surface area (Å²) in [5.74, 6) is 0. The van der Waals surface area contributed by atoms with Crippen LogP contribution >= 0.6 is 0 Å². The zero-order valence-electron chi connectivity index (χ0n) is 32.9. The Labute approximate surface area is 346 Å². The van der Waals surface area contributed by atoms with Crippen molar-refractivity contribution < 1.29 is 0 Å². The first kappa shape index (κ1) is 34.7. The Morgan fingerprint density at radius 1 is 0.373 bits per heavy atom. The molecule has 0 unspecified atom stereocenters. The molecule has 1 aliphatic carbocycles. The largest absolute Gasteiger partial charge is 0.309 e. The SMILES string of the molecule is Cc1ccccc1N(c1ccc(-c2c(-c3ccccc3)ccc3ccccc23)cc1)c1c2c(cc3ccccc13)C(c1ccccc1)(c1ccccc1)c1ccccc1-2. The van der Waals surface area contributed by atoms with Gasteiger partial charge in [-0.3, -0.25) is 0 Å². The van der Waals surface area contributed by atoms with Gasteiger partial charge in [0.05, 0.1) is 11.1 Å². The zero-order chi connectivity index (χ0) is 39.3. The van der Waals surface area contributed by atoms with Gasteiger partial charge in [-0.2, -0.15) is 0 Å². The molecular weight excluding hydrogens is 711 g/mol. The Kier molecular flexibility index (Phi) is 8.34. The number of aryl methyl sites for hydroxylation is 1. The Morgan fingerprint density at radius 2 is 0.949 bits per heavy atom. The second-order valence-electron chi connectivity index (χ2n) is 15.6. The van der Waals surface area contributed by atoms with E-state index in [9.17, 15) is 0 Å². The number of anilines is 3. The molecule has 278 valence electrons. The van der Waals surface area contributed by atoms with Crippen LogP contribution in [-0.2, 0) is 5.41 Å². The number of nitrogens with zero attached hydrogens (tertiary/aromatic N) is 1. The van der Waals surface area contributed by atoms with E-state index < -0.39 is 5.41 Å². The molecule has 0 saturated heterocycles. The molecule has 0 saturated carbocycles. The zero-order valence-corrected chi connectivity index (χ0v) is 32.9. The number of fused-ring (bicyclic) bond motifs is 5. The van der Waals surface area contributed by atoms with Crippen LogP contribution in [0, 0.1) is 6.92 Å². The monoisotopic (exact) mass is 751 g/mol. The van der Waals surface area contributed by atoms with Crippen LogP contribution in [0.1, 0.15) is 27.8 Å². The average Bonchev–Trinajstić information content (AvgIpc) is 3.60. The number of rotatable bonds is 7. The highest BCUT2D eigenvalue weighted by Crippen LogP contribution is 2.61. The van der Waals surface area contributed by atoms with Gasteiger partial charge in [0.15, 0.2) is 0 Å². The molecule has 10 aromatic rings. The van der Waals surface area contributed by atoms with Gasteiger partial charge in [0.2, 0.25) is 0 Å². The minimum absolute atomic E-state index is 0.531. The van der Waals surface area contributed by atoms with Crippen LogP contribution < -0.4 is 4.90 Å². The highest BCUT2D eigenvalue weighted by molar-refractivity contribution is 6.11. The molecule has 1 nitrogen and oxygen atoms in total. The molecule has 0 spiro atoms. The molecule has 0 N–H and O–H groups in total. The molecule has 10 aromatic carbocycles. The highest BCUT2D eigenvalue weighted by atomic mass is 15.1. The Balaban J connectivity index is 1.21. The molecule has 11 rings (SSSR count). The second-order valence-corrected chi connectivity index (χ2v) is 15.6. The van der Waals surface area contributed by atoms with Crippen molar-refractivity contribution in [3.63, 3.8) is 0 Å². The quantitative estimate of drug-likeness (QED) is 0.157. The van der Waals surface area contributed by atoms with Crippen molar-refractivity contribution >= 4 is 38.6 Å².